The largest absolute Gasteiger partial charge is 0.494 e. The van der Waals surface area contributed by atoms with Gasteiger partial charge in [-0.15, -0.1) is 0 Å². The highest BCUT2D eigenvalue weighted by atomic mass is 16.5. The minimum absolute atomic E-state index is 0.00940. The predicted molar refractivity (Wildman–Crippen MR) is 87.7 cm³/mol. The molecule has 1 heterocycles. The third kappa shape index (κ3) is 3.09. The molecule has 0 fully saturated rings. The number of ether oxygens (including phenoxy) is 1. The normalized spacial score (nSPS) is 10.7. The third-order valence-electron chi connectivity index (χ3n) is 3.47. The van der Waals surface area contributed by atoms with Crippen molar-refractivity contribution in [2.45, 2.75) is 13.8 Å². The van der Waals surface area contributed by atoms with E-state index in [1.807, 2.05) is 25.1 Å². The first-order valence-corrected chi connectivity index (χ1v) is 7.09. The van der Waals surface area contributed by atoms with Crippen LogP contribution in [0.5, 0.6) is 11.6 Å². The monoisotopic (exact) mass is 311 g/mol. The summed E-state index contributed by atoms with van der Waals surface area (Å²) >= 11 is 0. The van der Waals surface area contributed by atoms with E-state index >= 15 is 0 Å². The van der Waals surface area contributed by atoms with Crippen molar-refractivity contribution in [2.24, 2.45) is 12.0 Å². The van der Waals surface area contributed by atoms with E-state index in [1.165, 1.54) is 13.3 Å². The van der Waals surface area contributed by atoms with E-state index in [-0.39, 0.29) is 11.4 Å². The van der Waals surface area contributed by atoms with Crippen LogP contribution in [0.15, 0.2) is 34.1 Å². The van der Waals surface area contributed by atoms with Gasteiger partial charge >= 0.3 is 0 Å². The number of hydrogen-bond donors (Lipinski definition) is 1. The van der Waals surface area contributed by atoms with Gasteiger partial charge in [0.2, 0.25) is 5.88 Å². The van der Waals surface area contributed by atoms with E-state index in [2.05, 4.69) is 4.99 Å². The summed E-state index contributed by atoms with van der Waals surface area (Å²) in [6, 6.07) is 9.11. The number of aromatic nitrogens is 1. The van der Waals surface area contributed by atoms with E-state index in [4.69, 9.17) is 10.00 Å². The summed E-state index contributed by atoms with van der Waals surface area (Å²) in [6.45, 7) is 3.99. The average Bonchev–Trinajstić information content (AvgIpc) is 2.55. The summed E-state index contributed by atoms with van der Waals surface area (Å²) in [5, 5.41) is 19.3. The maximum Gasteiger partial charge on any atom is 0.271 e. The minimum Gasteiger partial charge on any atom is -0.494 e. The molecule has 6 heteroatoms. The van der Waals surface area contributed by atoms with Gasteiger partial charge < -0.3 is 9.84 Å². The fourth-order valence-electron chi connectivity index (χ4n) is 2.17. The number of nitriles is 1. The van der Waals surface area contributed by atoms with E-state index in [9.17, 15) is 9.90 Å². The Balaban J connectivity index is 2.56. The van der Waals surface area contributed by atoms with Crippen molar-refractivity contribution in [1.29, 1.82) is 5.26 Å². The van der Waals surface area contributed by atoms with Crippen molar-refractivity contribution in [2.75, 3.05) is 6.61 Å². The zero-order chi connectivity index (χ0) is 17.0. The van der Waals surface area contributed by atoms with Crippen LogP contribution >= 0.6 is 0 Å². The smallest absolute Gasteiger partial charge is 0.271 e. The van der Waals surface area contributed by atoms with Gasteiger partial charge in [0.15, 0.2) is 0 Å². The molecule has 0 radical (unpaired) electrons. The predicted octanol–water partition coefficient (Wildman–Crippen LogP) is 2.42. The maximum atomic E-state index is 11.9. The minimum atomic E-state index is -0.533. The van der Waals surface area contributed by atoms with Crippen LogP contribution in [0, 0.1) is 18.3 Å². The molecular formula is C17H17N3O3. The van der Waals surface area contributed by atoms with Gasteiger partial charge in [0, 0.05) is 13.3 Å². The molecule has 6 nitrogen and oxygen atoms in total. The molecule has 1 N–H and O–H groups in total. The van der Waals surface area contributed by atoms with Crippen molar-refractivity contribution in [1.82, 2.24) is 4.57 Å². The molecule has 2 rings (SSSR count). The van der Waals surface area contributed by atoms with Crippen molar-refractivity contribution in [3.8, 4) is 17.7 Å². The Morgan fingerprint density at radius 3 is 2.78 bits per heavy atom. The second kappa shape index (κ2) is 6.79. The van der Waals surface area contributed by atoms with E-state index < -0.39 is 5.56 Å². The number of aliphatic imine (C=N–C) groups is 1. The van der Waals surface area contributed by atoms with Gasteiger partial charge in [-0.2, -0.15) is 5.26 Å². The molecule has 0 spiro atoms. The lowest BCUT2D eigenvalue weighted by Gasteiger charge is -2.10. The second-order valence-electron chi connectivity index (χ2n) is 4.87. The average molecular weight is 311 g/mol. The SMILES string of the molecule is CCOc1ccccc1N=Cc1c(C)c(C#N)c(=O)n(C)c1O. The van der Waals surface area contributed by atoms with Gasteiger partial charge in [-0.25, -0.2) is 0 Å². The lowest BCUT2D eigenvalue weighted by atomic mass is 10.1. The summed E-state index contributed by atoms with van der Waals surface area (Å²) in [7, 11) is 1.41. The number of pyridine rings is 1. The molecular weight excluding hydrogens is 294 g/mol. The lowest BCUT2D eigenvalue weighted by Crippen LogP contribution is -2.22. The number of benzene rings is 1. The molecule has 23 heavy (non-hydrogen) atoms. The molecule has 0 atom stereocenters. The molecule has 1 aromatic carbocycles. The molecule has 0 aliphatic carbocycles. The molecule has 0 saturated heterocycles. The standard InChI is InChI=1S/C17H17N3O3/c1-4-23-15-8-6-5-7-14(15)19-10-13-11(2)12(9-18)16(21)20(3)17(13)22/h5-8,10,22H,4H2,1-3H3. The molecule has 0 bridgehead atoms. The molecule has 0 aliphatic rings. The van der Waals surface area contributed by atoms with Crippen LogP contribution < -0.4 is 10.3 Å². The Morgan fingerprint density at radius 1 is 1.43 bits per heavy atom. The van der Waals surface area contributed by atoms with Gasteiger partial charge in [-0.3, -0.25) is 14.4 Å². The van der Waals surface area contributed by atoms with Crippen LogP contribution in [0.3, 0.4) is 0 Å². The number of hydrogen-bond acceptors (Lipinski definition) is 5. The summed E-state index contributed by atoms with van der Waals surface area (Å²) < 4.78 is 6.52. The van der Waals surface area contributed by atoms with E-state index in [0.717, 1.165) is 4.57 Å². The Morgan fingerprint density at radius 2 is 2.13 bits per heavy atom. The number of nitrogens with zero attached hydrogens (tertiary/aromatic N) is 3. The molecule has 0 saturated carbocycles. The van der Waals surface area contributed by atoms with Crippen LogP contribution in [0.25, 0.3) is 0 Å². The zero-order valence-electron chi connectivity index (χ0n) is 13.2. The second-order valence-corrected chi connectivity index (χ2v) is 4.87. The summed E-state index contributed by atoms with van der Waals surface area (Å²) in [5.41, 5.74) is 0.778. The fraction of sp³-hybridized carbons (Fsp3) is 0.235. The molecule has 0 unspecified atom stereocenters. The quantitative estimate of drug-likeness (QED) is 0.878. The first-order valence-electron chi connectivity index (χ1n) is 7.09. The van der Waals surface area contributed by atoms with Gasteiger partial charge in [-0.1, -0.05) is 12.1 Å². The topological polar surface area (TPSA) is 87.6 Å². The van der Waals surface area contributed by atoms with Gasteiger partial charge in [-0.05, 0) is 31.5 Å². The zero-order valence-corrected chi connectivity index (χ0v) is 13.2. The summed E-state index contributed by atoms with van der Waals surface area (Å²) in [6.07, 6.45) is 1.43. The number of rotatable bonds is 4. The van der Waals surface area contributed by atoms with Gasteiger partial charge in [0.05, 0.1) is 12.2 Å². The highest BCUT2D eigenvalue weighted by Crippen LogP contribution is 2.27. The molecule has 0 amide bonds. The van der Waals surface area contributed by atoms with Gasteiger partial charge in [0.25, 0.3) is 5.56 Å². The number of aromatic hydroxyl groups is 1. The van der Waals surface area contributed by atoms with Crippen molar-refractivity contribution in [3.05, 3.63) is 51.3 Å². The Bertz CT molecular complexity index is 861. The van der Waals surface area contributed by atoms with Crippen LogP contribution in [0.1, 0.15) is 23.6 Å². The Hall–Kier alpha value is -3.07. The highest BCUT2D eigenvalue weighted by Gasteiger charge is 2.15. The first-order chi connectivity index (χ1) is 11.0. The molecule has 118 valence electrons. The fourth-order valence-corrected chi connectivity index (χ4v) is 2.17. The third-order valence-corrected chi connectivity index (χ3v) is 3.47. The van der Waals surface area contributed by atoms with Crippen LogP contribution in [0.2, 0.25) is 0 Å². The highest BCUT2D eigenvalue weighted by molar-refractivity contribution is 5.87. The van der Waals surface area contributed by atoms with Crippen molar-refractivity contribution in [3.63, 3.8) is 0 Å². The van der Waals surface area contributed by atoms with Crippen molar-refractivity contribution < 1.29 is 9.84 Å². The molecule has 0 aliphatic heterocycles. The van der Waals surface area contributed by atoms with Crippen LogP contribution in [-0.4, -0.2) is 22.5 Å². The summed E-state index contributed by atoms with van der Waals surface area (Å²) in [4.78, 5) is 16.3. The Kier molecular flexibility index (Phi) is 4.82. The number of para-hydroxylation sites is 2. The van der Waals surface area contributed by atoms with Crippen LogP contribution in [-0.2, 0) is 7.05 Å². The Labute approximate surface area is 133 Å². The lowest BCUT2D eigenvalue weighted by molar-refractivity contribution is 0.341. The van der Waals surface area contributed by atoms with Crippen LogP contribution in [0.4, 0.5) is 5.69 Å². The summed E-state index contributed by atoms with van der Waals surface area (Å²) in [5.74, 6) is 0.387. The van der Waals surface area contributed by atoms with Crippen molar-refractivity contribution >= 4 is 11.9 Å². The molecule has 2 aromatic rings. The molecule has 1 aromatic heterocycles. The first kappa shape index (κ1) is 16.3. The maximum absolute atomic E-state index is 11.9. The van der Waals surface area contributed by atoms with Gasteiger partial charge in [0.1, 0.15) is 23.1 Å². The van der Waals surface area contributed by atoms with E-state index in [1.54, 1.807) is 19.1 Å². The van der Waals surface area contributed by atoms with E-state index in [0.29, 0.717) is 29.2 Å².